The number of thioether (sulfide) groups is 1. The van der Waals surface area contributed by atoms with Crippen LogP contribution >= 0.6 is 11.8 Å². The van der Waals surface area contributed by atoms with Gasteiger partial charge in [-0.1, -0.05) is 0 Å². The van der Waals surface area contributed by atoms with Crippen molar-refractivity contribution in [1.82, 2.24) is 4.98 Å². The molecule has 1 heterocycles. The summed E-state index contributed by atoms with van der Waals surface area (Å²) >= 11 is 1.59. The highest BCUT2D eigenvalue weighted by Gasteiger charge is 2.10. The van der Waals surface area contributed by atoms with Crippen molar-refractivity contribution in [3.05, 3.63) is 23.4 Å². The second-order valence-electron chi connectivity index (χ2n) is 2.96. The molecule has 0 radical (unpaired) electrons. The molecule has 1 rings (SSSR count). The molecule has 0 aromatic carbocycles. The second kappa shape index (κ2) is 4.48. The molecule has 0 aliphatic rings. The van der Waals surface area contributed by atoms with E-state index in [-0.39, 0.29) is 0 Å². The third-order valence-corrected chi connectivity index (χ3v) is 2.42. The summed E-state index contributed by atoms with van der Waals surface area (Å²) < 4.78 is 0. The lowest BCUT2D eigenvalue weighted by Crippen LogP contribution is -2.06. The summed E-state index contributed by atoms with van der Waals surface area (Å²) in [6.45, 7) is 1.93. The summed E-state index contributed by atoms with van der Waals surface area (Å²) in [5.74, 6) is 1.07. The Morgan fingerprint density at radius 2 is 2.38 bits per heavy atom. The van der Waals surface area contributed by atoms with E-state index in [4.69, 9.17) is 5.73 Å². The van der Waals surface area contributed by atoms with Crippen LogP contribution < -0.4 is 5.73 Å². The lowest BCUT2D eigenvalue weighted by Gasteiger charge is -2.11. The van der Waals surface area contributed by atoms with Gasteiger partial charge in [-0.25, -0.2) is 4.98 Å². The van der Waals surface area contributed by atoms with Crippen LogP contribution in [0.4, 0.5) is 5.82 Å². The van der Waals surface area contributed by atoms with Crippen LogP contribution in [-0.4, -0.2) is 22.1 Å². The highest BCUT2D eigenvalue weighted by molar-refractivity contribution is 7.98. The Bertz CT molecular complexity index is 291. The first-order valence-electron chi connectivity index (χ1n) is 4.04. The fourth-order valence-corrected chi connectivity index (χ4v) is 1.61. The first-order chi connectivity index (χ1) is 6.15. The fraction of sp³-hybridized carbons (Fsp3) is 0.444. The summed E-state index contributed by atoms with van der Waals surface area (Å²) in [7, 11) is 0. The SMILES string of the molecule is CSCC(O)c1cc(C)cnc1N. The van der Waals surface area contributed by atoms with E-state index in [0.717, 1.165) is 11.1 Å². The van der Waals surface area contributed by atoms with Crippen LogP contribution in [0.3, 0.4) is 0 Å². The molecule has 0 spiro atoms. The Hall–Kier alpha value is -0.740. The molecule has 1 aromatic rings. The average molecular weight is 198 g/mol. The second-order valence-corrected chi connectivity index (χ2v) is 3.87. The van der Waals surface area contributed by atoms with Crippen molar-refractivity contribution in [1.29, 1.82) is 0 Å². The van der Waals surface area contributed by atoms with Gasteiger partial charge in [0.25, 0.3) is 0 Å². The summed E-state index contributed by atoms with van der Waals surface area (Å²) in [4.78, 5) is 3.99. The van der Waals surface area contributed by atoms with Crippen molar-refractivity contribution in [3.8, 4) is 0 Å². The van der Waals surface area contributed by atoms with E-state index in [1.54, 1.807) is 18.0 Å². The molecule has 72 valence electrons. The largest absolute Gasteiger partial charge is 0.387 e. The number of rotatable bonds is 3. The molecule has 0 saturated heterocycles. The molecule has 3 nitrogen and oxygen atoms in total. The summed E-state index contributed by atoms with van der Waals surface area (Å²) in [5, 5.41) is 9.68. The van der Waals surface area contributed by atoms with Gasteiger partial charge in [0, 0.05) is 17.5 Å². The van der Waals surface area contributed by atoms with Gasteiger partial charge in [0.2, 0.25) is 0 Å². The zero-order chi connectivity index (χ0) is 9.84. The normalized spacial score (nSPS) is 12.8. The zero-order valence-corrected chi connectivity index (χ0v) is 8.64. The van der Waals surface area contributed by atoms with E-state index in [0.29, 0.717) is 11.6 Å². The number of nitrogens with zero attached hydrogens (tertiary/aromatic N) is 1. The zero-order valence-electron chi connectivity index (χ0n) is 7.82. The lowest BCUT2D eigenvalue weighted by molar-refractivity contribution is 0.204. The highest BCUT2D eigenvalue weighted by Crippen LogP contribution is 2.21. The number of hydrogen-bond acceptors (Lipinski definition) is 4. The number of aliphatic hydroxyl groups is 1. The molecular weight excluding hydrogens is 184 g/mol. The summed E-state index contributed by atoms with van der Waals surface area (Å²) in [5.41, 5.74) is 7.39. The Balaban J connectivity index is 2.91. The van der Waals surface area contributed by atoms with E-state index >= 15 is 0 Å². The van der Waals surface area contributed by atoms with Crippen molar-refractivity contribution in [3.63, 3.8) is 0 Å². The van der Waals surface area contributed by atoms with Gasteiger partial charge in [0.1, 0.15) is 5.82 Å². The number of nitrogen functional groups attached to an aromatic ring is 1. The van der Waals surface area contributed by atoms with E-state index in [2.05, 4.69) is 4.98 Å². The maximum Gasteiger partial charge on any atom is 0.129 e. The molecule has 13 heavy (non-hydrogen) atoms. The van der Waals surface area contributed by atoms with E-state index in [1.165, 1.54) is 0 Å². The van der Waals surface area contributed by atoms with Crippen LogP contribution in [0.25, 0.3) is 0 Å². The number of aryl methyl sites for hydroxylation is 1. The minimum atomic E-state index is -0.512. The predicted molar refractivity (Wildman–Crippen MR) is 56.7 cm³/mol. The van der Waals surface area contributed by atoms with Crippen LogP contribution in [0.5, 0.6) is 0 Å². The van der Waals surface area contributed by atoms with Gasteiger partial charge in [0.05, 0.1) is 6.10 Å². The van der Waals surface area contributed by atoms with Gasteiger partial charge in [0.15, 0.2) is 0 Å². The van der Waals surface area contributed by atoms with Crippen molar-refractivity contribution in [2.45, 2.75) is 13.0 Å². The Kier molecular flexibility index (Phi) is 3.57. The first-order valence-corrected chi connectivity index (χ1v) is 5.43. The van der Waals surface area contributed by atoms with E-state index in [9.17, 15) is 5.11 Å². The Morgan fingerprint density at radius 3 is 3.00 bits per heavy atom. The monoisotopic (exact) mass is 198 g/mol. The summed E-state index contributed by atoms with van der Waals surface area (Å²) in [6, 6.07) is 1.88. The molecule has 1 aromatic heterocycles. The van der Waals surface area contributed by atoms with Crippen LogP contribution in [-0.2, 0) is 0 Å². The van der Waals surface area contributed by atoms with Crippen LogP contribution in [0, 0.1) is 6.92 Å². The number of aromatic nitrogens is 1. The third kappa shape index (κ3) is 2.60. The molecule has 4 heteroatoms. The van der Waals surface area contributed by atoms with Crippen molar-refractivity contribution in [2.24, 2.45) is 0 Å². The molecule has 0 fully saturated rings. The standard InChI is InChI=1S/C9H14N2OS/c1-6-3-7(8(12)5-13-2)9(10)11-4-6/h3-4,8,12H,5H2,1-2H3,(H2,10,11). The lowest BCUT2D eigenvalue weighted by atomic mass is 10.1. The number of hydrogen-bond donors (Lipinski definition) is 2. The van der Waals surface area contributed by atoms with Crippen molar-refractivity contribution in [2.75, 3.05) is 17.7 Å². The quantitative estimate of drug-likeness (QED) is 0.770. The smallest absolute Gasteiger partial charge is 0.129 e. The number of pyridine rings is 1. The van der Waals surface area contributed by atoms with Crippen LogP contribution in [0.2, 0.25) is 0 Å². The molecule has 0 amide bonds. The maximum absolute atomic E-state index is 9.68. The minimum absolute atomic E-state index is 0.423. The van der Waals surface area contributed by atoms with Crippen molar-refractivity contribution >= 4 is 17.6 Å². The Morgan fingerprint density at radius 1 is 1.69 bits per heavy atom. The average Bonchev–Trinajstić information content (AvgIpc) is 2.09. The predicted octanol–water partition coefficient (Wildman–Crippen LogP) is 1.37. The van der Waals surface area contributed by atoms with E-state index in [1.807, 2.05) is 19.2 Å². The number of aliphatic hydroxyl groups excluding tert-OH is 1. The van der Waals surface area contributed by atoms with Gasteiger partial charge in [-0.2, -0.15) is 11.8 Å². The fourth-order valence-electron chi connectivity index (χ4n) is 1.12. The third-order valence-electron chi connectivity index (χ3n) is 1.77. The van der Waals surface area contributed by atoms with Crippen LogP contribution in [0.15, 0.2) is 12.3 Å². The first kappa shape index (κ1) is 10.3. The Labute approximate surface area is 82.4 Å². The highest BCUT2D eigenvalue weighted by atomic mass is 32.2. The molecule has 3 N–H and O–H groups in total. The molecule has 0 aliphatic heterocycles. The molecule has 0 bridgehead atoms. The molecule has 0 aliphatic carbocycles. The maximum atomic E-state index is 9.68. The van der Waals surface area contributed by atoms with Gasteiger partial charge in [-0.15, -0.1) is 0 Å². The van der Waals surface area contributed by atoms with Crippen molar-refractivity contribution < 1.29 is 5.11 Å². The number of nitrogens with two attached hydrogens (primary N) is 1. The topological polar surface area (TPSA) is 59.1 Å². The summed E-state index contributed by atoms with van der Waals surface area (Å²) in [6.07, 6.45) is 3.13. The molecular formula is C9H14N2OS. The number of anilines is 1. The molecule has 1 unspecified atom stereocenters. The molecule has 0 saturated carbocycles. The molecule has 1 atom stereocenters. The van der Waals surface area contributed by atoms with Gasteiger partial charge < -0.3 is 10.8 Å². The van der Waals surface area contributed by atoms with Gasteiger partial charge in [-0.05, 0) is 24.8 Å². The van der Waals surface area contributed by atoms with Gasteiger partial charge in [-0.3, -0.25) is 0 Å². The van der Waals surface area contributed by atoms with E-state index < -0.39 is 6.10 Å². The van der Waals surface area contributed by atoms with Crippen LogP contribution in [0.1, 0.15) is 17.2 Å². The minimum Gasteiger partial charge on any atom is -0.387 e. The van der Waals surface area contributed by atoms with Gasteiger partial charge >= 0.3 is 0 Å².